The predicted octanol–water partition coefficient (Wildman–Crippen LogP) is 7.11. The molecule has 13 heteroatoms. The zero-order valence-corrected chi connectivity index (χ0v) is 31.5. The molecule has 0 radical (unpaired) electrons. The van der Waals surface area contributed by atoms with Crippen LogP contribution in [0, 0.1) is 13.8 Å². The van der Waals surface area contributed by atoms with Gasteiger partial charge in [0.25, 0.3) is 5.91 Å². The average molecular weight is 725 g/mol. The van der Waals surface area contributed by atoms with Gasteiger partial charge in [-0.25, -0.2) is 14.6 Å². The van der Waals surface area contributed by atoms with E-state index in [1.165, 1.54) is 0 Å². The lowest BCUT2D eigenvalue weighted by atomic mass is 9.74. The quantitative estimate of drug-likeness (QED) is 0.137. The zero-order valence-electron chi connectivity index (χ0n) is 30.7. The maximum absolute atomic E-state index is 13.9. The minimum absolute atomic E-state index is 0.213. The van der Waals surface area contributed by atoms with Crippen LogP contribution in [0.25, 0.3) is 11.0 Å². The fourth-order valence-corrected chi connectivity index (χ4v) is 8.95. The molecular weight excluding hydrogens is 677 g/mol. The summed E-state index contributed by atoms with van der Waals surface area (Å²) in [4.78, 5) is 25.3. The van der Waals surface area contributed by atoms with E-state index in [0.29, 0.717) is 48.2 Å². The Bertz CT molecular complexity index is 2100. The van der Waals surface area contributed by atoms with Crippen LogP contribution in [0.15, 0.2) is 71.9 Å². The summed E-state index contributed by atoms with van der Waals surface area (Å²) in [6, 6.07) is 17.7. The summed E-state index contributed by atoms with van der Waals surface area (Å²) in [5.74, 6) is 0.546. The summed E-state index contributed by atoms with van der Waals surface area (Å²) in [6.45, 7) is 15.4. The topological polar surface area (TPSA) is 142 Å². The van der Waals surface area contributed by atoms with Crippen molar-refractivity contribution in [1.82, 2.24) is 34.6 Å². The minimum Gasteiger partial charge on any atom is -0.487 e. The SMILES string of the molecule is CCC1CN(Cc2cc([C@@H](c3ccc4c(nnn4CC)c3C)C(C)(C)NC(=O)c3cnc(N4CCC4)nc3)ccc2C)S(O)(O)c2ccccc2O1. The maximum atomic E-state index is 13.9. The Morgan fingerprint density at radius 1 is 1.06 bits per heavy atom. The molecule has 2 aromatic heterocycles. The van der Waals surface area contributed by atoms with Crippen LogP contribution in [-0.2, 0) is 13.1 Å². The molecule has 12 nitrogen and oxygen atoms in total. The molecule has 0 saturated carbocycles. The van der Waals surface area contributed by atoms with Gasteiger partial charge in [-0.1, -0.05) is 48.5 Å². The van der Waals surface area contributed by atoms with Crippen LogP contribution in [0.2, 0.25) is 0 Å². The van der Waals surface area contributed by atoms with Crippen molar-refractivity contribution in [3.63, 3.8) is 0 Å². The number of carbonyl (C=O) groups excluding carboxylic acids is 1. The first kappa shape index (κ1) is 35.8. The predicted molar refractivity (Wildman–Crippen MR) is 204 cm³/mol. The van der Waals surface area contributed by atoms with Crippen molar-refractivity contribution in [2.45, 2.75) is 89.9 Å². The van der Waals surface area contributed by atoms with Gasteiger partial charge in [0, 0.05) is 50.0 Å². The molecule has 3 N–H and O–H groups in total. The summed E-state index contributed by atoms with van der Waals surface area (Å²) >= 11 is 0. The van der Waals surface area contributed by atoms with Crippen LogP contribution in [0.3, 0.4) is 0 Å². The Morgan fingerprint density at radius 2 is 1.81 bits per heavy atom. The first-order valence-corrected chi connectivity index (χ1v) is 19.5. The number of fused-ring (bicyclic) bond motifs is 2. The molecular formula is C39H48N8O4S. The number of para-hydroxylation sites is 1. The third kappa shape index (κ3) is 6.62. The molecule has 1 unspecified atom stereocenters. The zero-order chi connectivity index (χ0) is 36.8. The van der Waals surface area contributed by atoms with E-state index in [2.05, 4.69) is 67.8 Å². The van der Waals surface area contributed by atoms with E-state index >= 15 is 0 Å². The highest BCUT2D eigenvalue weighted by atomic mass is 32.3. The van der Waals surface area contributed by atoms with Crippen molar-refractivity contribution in [2.75, 3.05) is 24.5 Å². The van der Waals surface area contributed by atoms with Crippen LogP contribution >= 0.6 is 10.8 Å². The Morgan fingerprint density at radius 3 is 2.50 bits per heavy atom. The standard InChI is InChI=1S/C39H48N8O4S/c1-7-30-24-46(52(49,50)34-13-10-9-12-33(34)51-30)23-28-20-27(15-14-25(28)3)35(31-16-17-32-36(26(31)4)43-44-47(32)8-2)39(5,6)42-37(48)29-21-40-38(41-22-29)45-18-11-19-45/h9-10,12-17,20-22,30,35,49-50H,7-8,11,18-19,23-24H2,1-6H3,(H,42,48)/t30?,35-/m0/s1. The number of aryl methyl sites for hydroxylation is 3. The molecule has 4 heterocycles. The number of carbonyl (C=O) groups is 1. The van der Waals surface area contributed by atoms with E-state index in [1.54, 1.807) is 34.9 Å². The molecule has 5 aromatic rings. The second-order valence-corrected chi connectivity index (χ2v) is 16.4. The molecule has 2 aliphatic rings. The smallest absolute Gasteiger partial charge is 0.254 e. The first-order chi connectivity index (χ1) is 24.9. The van der Waals surface area contributed by atoms with Crippen LogP contribution in [0.5, 0.6) is 5.75 Å². The summed E-state index contributed by atoms with van der Waals surface area (Å²) in [7, 11) is -3.36. The van der Waals surface area contributed by atoms with Crippen molar-refractivity contribution in [2.24, 2.45) is 0 Å². The third-order valence-electron chi connectivity index (χ3n) is 10.5. The lowest BCUT2D eigenvalue weighted by Crippen LogP contribution is -2.48. The van der Waals surface area contributed by atoms with Gasteiger partial charge in [-0.15, -0.1) is 15.9 Å². The number of nitrogens with zero attached hydrogens (tertiary/aromatic N) is 7. The fourth-order valence-electron chi connectivity index (χ4n) is 7.33. The lowest BCUT2D eigenvalue weighted by molar-refractivity contribution is 0.0905. The van der Waals surface area contributed by atoms with Crippen molar-refractivity contribution in [1.29, 1.82) is 0 Å². The molecule has 1 amide bonds. The van der Waals surface area contributed by atoms with E-state index in [4.69, 9.17) is 4.74 Å². The highest BCUT2D eigenvalue weighted by molar-refractivity contribution is 8.22. The fraction of sp³-hybridized carbons (Fsp3) is 0.410. The third-order valence-corrected chi connectivity index (χ3v) is 12.4. The Balaban J connectivity index is 1.28. The van der Waals surface area contributed by atoms with Gasteiger partial charge < -0.3 is 15.0 Å². The maximum Gasteiger partial charge on any atom is 0.254 e. The molecule has 2 atom stereocenters. The van der Waals surface area contributed by atoms with E-state index in [-0.39, 0.29) is 17.9 Å². The lowest BCUT2D eigenvalue weighted by Gasteiger charge is -2.42. The van der Waals surface area contributed by atoms with Gasteiger partial charge in [-0.3, -0.25) is 13.9 Å². The molecule has 52 heavy (non-hydrogen) atoms. The summed E-state index contributed by atoms with van der Waals surface area (Å²) < 4.78 is 33.4. The van der Waals surface area contributed by atoms with Crippen LogP contribution in [0.4, 0.5) is 5.95 Å². The average Bonchev–Trinajstić information content (AvgIpc) is 3.49. The van der Waals surface area contributed by atoms with Crippen molar-refractivity contribution >= 4 is 33.7 Å². The molecule has 7 rings (SSSR count). The number of anilines is 1. The largest absolute Gasteiger partial charge is 0.487 e. The van der Waals surface area contributed by atoms with Gasteiger partial charge in [0.05, 0.1) is 17.6 Å². The van der Waals surface area contributed by atoms with Crippen LogP contribution < -0.4 is 15.0 Å². The van der Waals surface area contributed by atoms with Gasteiger partial charge in [0.1, 0.15) is 22.3 Å². The van der Waals surface area contributed by atoms with E-state index in [0.717, 1.165) is 58.4 Å². The van der Waals surface area contributed by atoms with E-state index in [1.807, 2.05) is 45.4 Å². The van der Waals surface area contributed by atoms with Gasteiger partial charge in [0.2, 0.25) is 5.95 Å². The Kier molecular flexibility index (Phi) is 9.72. The number of amides is 1. The summed E-state index contributed by atoms with van der Waals surface area (Å²) in [5.41, 5.74) is 6.26. The number of benzene rings is 3. The van der Waals surface area contributed by atoms with E-state index in [9.17, 15) is 13.9 Å². The molecule has 1 fully saturated rings. The molecule has 0 bridgehead atoms. The molecule has 1 saturated heterocycles. The van der Waals surface area contributed by atoms with Crippen LogP contribution in [0.1, 0.15) is 84.6 Å². The summed E-state index contributed by atoms with van der Waals surface area (Å²) in [6.07, 6.45) is 4.80. The van der Waals surface area contributed by atoms with E-state index < -0.39 is 16.3 Å². The number of ether oxygens (including phenoxy) is 1. The Hall–Kier alpha value is -4.56. The van der Waals surface area contributed by atoms with Gasteiger partial charge in [-0.2, -0.15) is 4.31 Å². The van der Waals surface area contributed by atoms with Crippen LogP contribution in [-0.4, -0.2) is 75.6 Å². The van der Waals surface area contributed by atoms with Crippen molar-refractivity contribution in [3.05, 3.63) is 100 Å². The van der Waals surface area contributed by atoms with Crippen molar-refractivity contribution in [3.8, 4) is 5.75 Å². The molecule has 0 aliphatic carbocycles. The summed E-state index contributed by atoms with van der Waals surface area (Å²) in [5, 5.41) is 12.3. The highest BCUT2D eigenvalue weighted by Gasteiger charge is 2.38. The molecule has 3 aromatic carbocycles. The number of aromatic nitrogens is 5. The second-order valence-electron chi connectivity index (χ2n) is 14.4. The van der Waals surface area contributed by atoms with Gasteiger partial charge >= 0.3 is 0 Å². The number of rotatable bonds is 10. The van der Waals surface area contributed by atoms with Crippen molar-refractivity contribution < 1.29 is 18.6 Å². The molecule has 274 valence electrons. The normalized spacial score (nSPS) is 18.5. The molecule has 0 spiro atoms. The van der Waals surface area contributed by atoms with Gasteiger partial charge in [0.15, 0.2) is 0 Å². The number of nitrogens with one attached hydrogen (secondary N) is 1. The van der Waals surface area contributed by atoms with Gasteiger partial charge in [-0.05, 0) is 93.5 Å². The monoisotopic (exact) mass is 724 g/mol. The second kappa shape index (κ2) is 14.1. The first-order valence-electron chi connectivity index (χ1n) is 18.0. The molecule has 2 aliphatic heterocycles. The number of hydrogen-bond donors (Lipinski definition) is 3. The Labute approximate surface area is 306 Å². The highest BCUT2D eigenvalue weighted by Crippen LogP contribution is 2.57. The number of hydrogen-bond acceptors (Lipinski definition) is 10. The minimum atomic E-state index is -3.36.